The van der Waals surface area contributed by atoms with Crippen molar-refractivity contribution in [3.63, 3.8) is 0 Å². The second-order valence-electron chi connectivity index (χ2n) is 6.90. The highest BCUT2D eigenvalue weighted by Gasteiger charge is 2.18. The number of esters is 1. The van der Waals surface area contributed by atoms with Gasteiger partial charge >= 0.3 is 5.97 Å². The second kappa shape index (κ2) is 12.4. The molecule has 152 valence electrons. The molecular weight excluding hydrogens is 473 g/mol. The Balaban J connectivity index is 0.00000300. The van der Waals surface area contributed by atoms with Crippen molar-refractivity contribution in [3.05, 3.63) is 90.3 Å². The number of ether oxygens (including phenoxy) is 1. The SMILES string of the molecule is CC[n+]1ccc(-c2ccccc2)c(C(=O)OCCCCCc2ccccc2)c1.[I-]. The molecular formula is C25H28INO2. The van der Waals surface area contributed by atoms with E-state index in [9.17, 15) is 4.79 Å². The first-order valence-corrected chi connectivity index (χ1v) is 10.1. The van der Waals surface area contributed by atoms with E-state index in [2.05, 4.69) is 31.2 Å². The molecule has 1 aromatic heterocycles. The summed E-state index contributed by atoms with van der Waals surface area (Å²) in [5, 5.41) is 0. The Labute approximate surface area is 190 Å². The number of carbonyl (C=O) groups excluding carboxylic acids is 1. The monoisotopic (exact) mass is 501 g/mol. The van der Waals surface area contributed by atoms with Gasteiger partial charge in [0.25, 0.3) is 0 Å². The van der Waals surface area contributed by atoms with Crippen LogP contribution in [0, 0.1) is 0 Å². The number of rotatable bonds is 9. The maximum Gasteiger partial charge on any atom is 0.344 e. The van der Waals surface area contributed by atoms with Gasteiger partial charge in [-0.2, -0.15) is 0 Å². The average molecular weight is 501 g/mol. The lowest BCUT2D eigenvalue weighted by Gasteiger charge is -2.09. The van der Waals surface area contributed by atoms with E-state index in [1.807, 2.05) is 59.4 Å². The Morgan fingerprint density at radius 1 is 0.897 bits per heavy atom. The van der Waals surface area contributed by atoms with Gasteiger partial charge in [0.05, 0.1) is 6.61 Å². The van der Waals surface area contributed by atoms with Crippen LogP contribution in [0.2, 0.25) is 0 Å². The fraction of sp³-hybridized carbons (Fsp3) is 0.280. The quantitative estimate of drug-likeness (QED) is 0.195. The molecule has 0 amide bonds. The van der Waals surface area contributed by atoms with E-state index in [-0.39, 0.29) is 29.9 Å². The third kappa shape index (κ3) is 6.96. The van der Waals surface area contributed by atoms with Crippen molar-refractivity contribution >= 4 is 5.97 Å². The molecule has 0 aliphatic heterocycles. The predicted octanol–water partition coefficient (Wildman–Crippen LogP) is 2.23. The largest absolute Gasteiger partial charge is 1.00 e. The molecule has 0 aliphatic rings. The number of pyridine rings is 1. The van der Waals surface area contributed by atoms with Crippen LogP contribution in [0.25, 0.3) is 11.1 Å². The van der Waals surface area contributed by atoms with E-state index >= 15 is 0 Å². The molecule has 4 heteroatoms. The molecule has 0 fully saturated rings. The van der Waals surface area contributed by atoms with Crippen molar-refractivity contribution < 1.29 is 38.1 Å². The Kier molecular flexibility index (Phi) is 9.84. The van der Waals surface area contributed by atoms with Gasteiger partial charge in [-0.1, -0.05) is 60.7 Å². The Morgan fingerprint density at radius 3 is 2.28 bits per heavy atom. The smallest absolute Gasteiger partial charge is 0.344 e. The molecule has 0 saturated carbocycles. The van der Waals surface area contributed by atoms with Gasteiger partial charge < -0.3 is 28.7 Å². The molecule has 0 spiro atoms. The van der Waals surface area contributed by atoms with Crippen molar-refractivity contribution in [1.82, 2.24) is 0 Å². The molecule has 3 aromatic rings. The van der Waals surface area contributed by atoms with E-state index in [4.69, 9.17) is 4.74 Å². The molecule has 1 heterocycles. The molecule has 2 aromatic carbocycles. The highest BCUT2D eigenvalue weighted by molar-refractivity contribution is 5.96. The van der Waals surface area contributed by atoms with E-state index in [0.717, 1.165) is 43.4 Å². The first-order valence-electron chi connectivity index (χ1n) is 10.1. The van der Waals surface area contributed by atoms with Gasteiger partial charge in [0.1, 0.15) is 12.1 Å². The average Bonchev–Trinajstić information content (AvgIpc) is 2.77. The standard InChI is InChI=1S/C25H28NO2.HI/c1-2-26-18-17-23(22-15-9-4-10-16-22)24(20-26)25(27)28-19-11-5-8-14-21-12-6-3-7-13-21;/h3-4,6-7,9-10,12-13,15-18,20H,2,5,8,11,14,19H2,1H3;1H/q+1;/p-1. The highest BCUT2D eigenvalue weighted by Crippen LogP contribution is 2.23. The topological polar surface area (TPSA) is 30.2 Å². The summed E-state index contributed by atoms with van der Waals surface area (Å²) >= 11 is 0. The summed E-state index contributed by atoms with van der Waals surface area (Å²) < 4.78 is 7.59. The molecule has 0 saturated heterocycles. The number of aryl methyl sites for hydroxylation is 2. The van der Waals surface area contributed by atoms with Gasteiger partial charge in [-0.05, 0) is 43.7 Å². The number of unbranched alkanes of at least 4 members (excludes halogenated alkanes) is 2. The molecule has 3 rings (SSSR count). The summed E-state index contributed by atoms with van der Waals surface area (Å²) in [6, 6.07) is 22.5. The van der Waals surface area contributed by atoms with E-state index in [0.29, 0.717) is 12.2 Å². The summed E-state index contributed by atoms with van der Waals surface area (Å²) in [6.45, 7) is 3.34. The lowest BCUT2D eigenvalue weighted by Crippen LogP contribution is -3.00. The van der Waals surface area contributed by atoms with Crippen LogP contribution in [0.5, 0.6) is 0 Å². The molecule has 29 heavy (non-hydrogen) atoms. The molecule has 0 unspecified atom stereocenters. The van der Waals surface area contributed by atoms with E-state index in [1.165, 1.54) is 5.56 Å². The van der Waals surface area contributed by atoms with Gasteiger partial charge in [0.2, 0.25) is 0 Å². The number of halogens is 1. The van der Waals surface area contributed by atoms with Crippen LogP contribution in [0.4, 0.5) is 0 Å². The zero-order valence-electron chi connectivity index (χ0n) is 16.9. The van der Waals surface area contributed by atoms with Crippen molar-refractivity contribution in [2.24, 2.45) is 0 Å². The third-order valence-electron chi connectivity index (χ3n) is 4.87. The minimum Gasteiger partial charge on any atom is -1.00 e. The van der Waals surface area contributed by atoms with Crippen LogP contribution in [0.3, 0.4) is 0 Å². The van der Waals surface area contributed by atoms with Crippen molar-refractivity contribution in [3.8, 4) is 11.1 Å². The second-order valence-corrected chi connectivity index (χ2v) is 6.90. The molecule has 0 N–H and O–H groups in total. The lowest BCUT2D eigenvalue weighted by atomic mass is 10.0. The number of nitrogens with zero attached hydrogens (tertiary/aromatic N) is 1. The van der Waals surface area contributed by atoms with E-state index in [1.54, 1.807) is 0 Å². The van der Waals surface area contributed by atoms with Crippen molar-refractivity contribution in [2.45, 2.75) is 39.2 Å². The van der Waals surface area contributed by atoms with Gasteiger partial charge in [0, 0.05) is 11.6 Å². The van der Waals surface area contributed by atoms with Gasteiger partial charge in [-0.3, -0.25) is 0 Å². The maximum atomic E-state index is 12.7. The molecule has 0 atom stereocenters. The Morgan fingerprint density at radius 2 is 1.59 bits per heavy atom. The predicted molar refractivity (Wildman–Crippen MR) is 112 cm³/mol. The van der Waals surface area contributed by atoms with Gasteiger partial charge in [-0.15, -0.1) is 0 Å². The zero-order chi connectivity index (χ0) is 19.6. The molecule has 3 nitrogen and oxygen atoms in total. The van der Waals surface area contributed by atoms with Crippen molar-refractivity contribution in [1.29, 1.82) is 0 Å². The van der Waals surface area contributed by atoms with Crippen LogP contribution in [0.15, 0.2) is 79.1 Å². The van der Waals surface area contributed by atoms with Crippen LogP contribution in [-0.2, 0) is 17.7 Å². The summed E-state index contributed by atoms with van der Waals surface area (Å²) in [5.74, 6) is -0.246. The Bertz CT molecular complexity index is 882. The summed E-state index contributed by atoms with van der Waals surface area (Å²) in [7, 11) is 0. The van der Waals surface area contributed by atoms with Crippen LogP contribution in [0.1, 0.15) is 42.1 Å². The van der Waals surface area contributed by atoms with Gasteiger partial charge in [-0.25, -0.2) is 9.36 Å². The minimum atomic E-state index is -0.246. The number of carbonyl (C=O) groups is 1. The lowest BCUT2D eigenvalue weighted by molar-refractivity contribution is -0.693. The molecule has 0 radical (unpaired) electrons. The van der Waals surface area contributed by atoms with Crippen molar-refractivity contribution in [2.75, 3.05) is 6.61 Å². The first-order chi connectivity index (χ1) is 13.8. The van der Waals surface area contributed by atoms with Crippen LogP contribution >= 0.6 is 0 Å². The summed E-state index contributed by atoms with van der Waals surface area (Å²) in [5.41, 5.74) is 3.93. The zero-order valence-corrected chi connectivity index (χ0v) is 19.0. The number of benzene rings is 2. The normalized spacial score (nSPS) is 10.2. The minimum absolute atomic E-state index is 0. The van der Waals surface area contributed by atoms with Crippen LogP contribution < -0.4 is 28.5 Å². The molecule has 0 aliphatic carbocycles. The summed E-state index contributed by atoms with van der Waals surface area (Å²) in [4.78, 5) is 12.7. The third-order valence-corrected chi connectivity index (χ3v) is 4.87. The van der Waals surface area contributed by atoms with Crippen LogP contribution in [-0.4, -0.2) is 12.6 Å². The van der Waals surface area contributed by atoms with E-state index < -0.39 is 0 Å². The molecule has 0 bridgehead atoms. The number of hydrogen-bond donors (Lipinski definition) is 0. The maximum absolute atomic E-state index is 12.7. The number of aromatic nitrogens is 1. The fourth-order valence-electron chi connectivity index (χ4n) is 3.26. The Hall–Kier alpha value is -2.21. The summed E-state index contributed by atoms with van der Waals surface area (Å²) in [6.07, 6.45) is 8.01. The fourth-order valence-corrected chi connectivity index (χ4v) is 3.26. The van der Waals surface area contributed by atoms with Gasteiger partial charge in [0.15, 0.2) is 12.4 Å². The highest BCUT2D eigenvalue weighted by atomic mass is 127. The number of hydrogen-bond acceptors (Lipinski definition) is 2. The first kappa shape index (κ1) is 23.1.